The van der Waals surface area contributed by atoms with E-state index in [2.05, 4.69) is 31.4 Å². The number of nitrogens with one attached hydrogen (secondary N) is 1. The number of amides is 1. The molecule has 2 aromatic carbocycles. The lowest BCUT2D eigenvalue weighted by Crippen LogP contribution is -2.15. The van der Waals surface area contributed by atoms with Crippen molar-refractivity contribution in [2.45, 2.75) is 25.5 Å². The van der Waals surface area contributed by atoms with Gasteiger partial charge in [0, 0.05) is 21.6 Å². The molecule has 0 aliphatic carbocycles. The number of benzene rings is 2. The number of aromatic nitrogens is 3. The number of carbonyl (C=O) groups is 1. The fourth-order valence-electron chi connectivity index (χ4n) is 2.53. The second-order valence-electron chi connectivity index (χ2n) is 5.98. The van der Waals surface area contributed by atoms with Crippen LogP contribution >= 0.6 is 50.9 Å². The van der Waals surface area contributed by atoms with Crippen LogP contribution in [-0.2, 0) is 11.3 Å². The minimum absolute atomic E-state index is 0.167. The Hall–Kier alpha value is -1.54. The van der Waals surface area contributed by atoms with Crippen molar-refractivity contribution in [3.8, 4) is 11.4 Å². The molecule has 28 heavy (non-hydrogen) atoms. The van der Waals surface area contributed by atoms with Gasteiger partial charge in [-0.05, 0) is 43.7 Å². The molecule has 1 N–H and O–H groups in total. The molecule has 0 aliphatic heterocycles. The Kier molecular flexibility index (Phi) is 7.04. The molecule has 1 amide bonds. The Balaban J connectivity index is 1.71. The number of nitrogens with zero attached hydrogens (tertiary/aromatic N) is 3. The molecule has 0 atom stereocenters. The van der Waals surface area contributed by atoms with E-state index in [-0.39, 0.29) is 11.7 Å². The predicted octanol–water partition coefficient (Wildman–Crippen LogP) is 6.07. The summed E-state index contributed by atoms with van der Waals surface area (Å²) in [7, 11) is 0. The lowest BCUT2D eigenvalue weighted by atomic mass is 10.1. The third-order valence-electron chi connectivity index (χ3n) is 4.00. The molecule has 0 radical (unpaired) electrons. The van der Waals surface area contributed by atoms with Gasteiger partial charge in [-0.2, -0.15) is 0 Å². The second-order valence-corrected chi connectivity index (χ2v) is 8.65. The predicted molar refractivity (Wildman–Crippen MR) is 119 cm³/mol. The Morgan fingerprint density at radius 3 is 2.64 bits per heavy atom. The number of halogens is 3. The zero-order chi connectivity index (χ0) is 20.3. The summed E-state index contributed by atoms with van der Waals surface area (Å²) in [5.74, 6) is 0.752. The quantitative estimate of drug-likeness (QED) is 0.418. The maximum absolute atomic E-state index is 12.3. The Bertz CT molecular complexity index is 1030. The largest absolute Gasteiger partial charge is 0.324 e. The molecule has 3 aromatic rings. The van der Waals surface area contributed by atoms with Crippen LogP contribution in [0.25, 0.3) is 11.4 Å². The number of anilines is 1. The first-order valence-electron chi connectivity index (χ1n) is 8.46. The minimum atomic E-state index is -0.167. The Morgan fingerprint density at radius 1 is 1.18 bits per heavy atom. The van der Waals surface area contributed by atoms with Crippen LogP contribution in [0.3, 0.4) is 0 Å². The number of thioether (sulfide) groups is 1. The van der Waals surface area contributed by atoms with Crippen LogP contribution in [-0.4, -0.2) is 26.4 Å². The Labute approximate surface area is 186 Å². The zero-order valence-corrected chi connectivity index (χ0v) is 19.1. The number of hydrogen-bond acceptors (Lipinski definition) is 4. The van der Waals surface area contributed by atoms with Gasteiger partial charge in [0.25, 0.3) is 0 Å². The van der Waals surface area contributed by atoms with Gasteiger partial charge in [0.2, 0.25) is 5.91 Å². The summed E-state index contributed by atoms with van der Waals surface area (Å²) >= 11 is 17.0. The van der Waals surface area contributed by atoms with Crippen LogP contribution in [0.2, 0.25) is 10.0 Å². The van der Waals surface area contributed by atoms with E-state index >= 15 is 0 Å². The van der Waals surface area contributed by atoms with E-state index in [1.807, 2.05) is 42.7 Å². The maximum atomic E-state index is 12.3. The summed E-state index contributed by atoms with van der Waals surface area (Å²) in [5.41, 5.74) is 2.47. The van der Waals surface area contributed by atoms with E-state index in [4.69, 9.17) is 23.2 Å². The zero-order valence-electron chi connectivity index (χ0n) is 15.2. The first-order valence-corrected chi connectivity index (χ1v) is 11.0. The fraction of sp³-hybridized carbons (Fsp3) is 0.211. The molecule has 1 heterocycles. The first kappa shape index (κ1) is 21.2. The molecule has 9 heteroatoms. The van der Waals surface area contributed by atoms with Crippen LogP contribution < -0.4 is 5.32 Å². The molecule has 0 unspecified atom stereocenters. The van der Waals surface area contributed by atoms with E-state index < -0.39 is 0 Å². The van der Waals surface area contributed by atoms with Gasteiger partial charge >= 0.3 is 0 Å². The van der Waals surface area contributed by atoms with Crippen LogP contribution in [0.4, 0.5) is 5.69 Å². The smallest absolute Gasteiger partial charge is 0.234 e. The lowest BCUT2D eigenvalue weighted by Gasteiger charge is -2.09. The van der Waals surface area contributed by atoms with Crippen molar-refractivity contribution in [1.82, 2.24) is 14.8 Å². The molecule has 0 spiro atoms. The summed E-state index contributed by atoms with van der Waals surface area (Å²) in [6.07, 6.45) is 0. The van der Waals surface area contributed by atoms with E-state index in [0.29, 0.717) is 27.4 Å². The van der Waals surface area contributed by atoms with E-state index in [9.17, 15) is 4.79 Å². The summed E-state index contributed by atoms with van der Waals surface area (Å²) in [6.45, 7) is 4.64. The molecule has 5 nitrogen and oxygen atoms in total. The van der Waals surface area contributed by atoms with Crippen molar-refractivity contribution in [3.63, 3.8) is 0 Å². The number of aryl methyl sites for hydroxylation is 1. The van der Waals surface area contributed by atoms with Crippen molar-refractivity contribution in [3.05, 3.63) is 56.5 Å². The summed E-state index contributed by atoms with van der Waals surface area (Å²) in [5, 5.41) is 13.2. The second kappa shape index (κ2) is 9.31. The highest BCUT2D eigenvalue weighted by Gasteiger charge is 2.16. The molecule has 3 rings (SSSR count). The normalized spacial score (nSPS) is 10.9. The van der Waals surface area contributed by atoms with Gasteiger partial charge in [-0.3, -0.25) is 4.79 Å². The average molecular weight is 500 g/mol. The Morgan fingerprint density at radius 2 is 1.96 bits per heavy atom. The molecule has 0 saturated heterocycles. The van der Waals surface area contributed by atoms with Crippen LogP contribution in [0.15, 0.2) is 46.0 Å². The highest BCUT2D eigenvalue weighted by atomic mass is 79.9. The molecule has 0 aliphatic rings. The summed E-state index contributed by atoms with van der Waals surface area (Å²) in [6, 6.07) is 11.1. The molecule has 1 aromatic heterocycles. The fourth-order valence-corrected chi connectivity index (χ4v) is 4.24. The van der Waals surface area contributed by atoms with E-state index in [1.165, 1.54) is 11.8 Å². The molecule has 0 bridgehead atoms. The van der Waals surface area contributed by atoms with Gasteiger partial charge in [0.1, 0.15) is 0 Å². The number of carbonyl (C=O) groups excluding carboxylic acids is 1. The number of rotatable bonds is 6. The monoisotopic (exact) mass is 498 g/mol. The standard InChI is InChI=1S/C19H17BrCl2N4OS/c1-3-26-18(12-5-4-11(2)14(21)8-12)24-25-19(26)28-10-17(27)23-16-7-6-13(20)9-15(16)22/h4-9H,3,10H2,1-2H3,(H,23,27). The highest BCUT2D eigenvalue weighted by Crippen LogP contribution is 2.28. The van der Waals surface area contributed by atoms with Crippen molar-refractivity contribution < 1.29 is 4.79 Å². The molecule has 0 saturated carbocycles. The highest BCUT2D eigenvalue weighted by molar-refractivity contribution is 9.10. The molecular weight excluding hydrogens is 483 g/mol. The molecular formula is C19H17BrCl2N4OS. The van der Waals surface area contributed by atoms with Crippen molar-refractivity contribution in [2.75, 3.05) is 11.1 Å². The van der Waals surface area contributed by atoms with Crippen molar-refractivity contribution >= 4 is 62.5 Å². The van der Waals surface area contributed by atoms with Gasteiger partial charge in [-0.1, -0.05) is 63.0 Å². The topological polar surface area (TPSA) is 59.8 Å². The van der Waals surface area contributed by atoms with Gasteiger partial charge < -0.3 is 9.88 Å². The van der Waals surface area contributed by atoms with Crippen LogP contribution in [0.1, 0.15) is 12.5 Å². The van der Waals surface area contributed by atoms with Crippen LogP contribution in [0.5, 0.6) is 0 Å². The summed E-state index contributed by atoms with van der Waals surface area (Å²) < 4.78 is 2.82. The molecule has 0 fully saturated rings. The van der Waals surface area contributed by atoms with Crippen molar-refractivity contribution in [2.24, 2.45) is 0 Å². The third kappa shape index (κ3) is 4.89. The van der Waals surface area contributed by atoms with Gasteiger partial charge in [0.05, 0.1) is 16.5 Å². The third-order valence-corrected chi connectivity index (χ3v) is 6.18. The van der Waals surface area contributed by atoms with Gasteiger partial charge in [-0.15, -0.1) is 10.2 Å². The van der Waals surface area contributed by atoms with Crippen molar-refractivity contribution in [1.29, 1.82) is 0 Å². The SMILES string of the molecule is CCn1c(SCC(=O)Nc2ccc(Br)cc2Cl)nnc1-c1ccc(C)c(Cl)c1. The van der Waals surface area contributed by atoms with E-state index in [0.717, 1.165) is 21.4 Å². The number of hydrogen-bond donors (Lipinski definition) is 1. The minimum Gasteiger partial charge on any atom is -0.324 e. The molecule has 146 valence electrons. The van der Waals surface area contributed by atoms with E-state index in [1.54, 1.807) is 12.1 Å². The summed E-state index contributed by atoms with van der Waals surface area (Å²) in [4.78, 5) is 12.3. The maximum Gasteiger partial charge on any atom is 0.234 e. The lowest BCUT2D eigenvalue weighted by molar-refractivity contribution is -0.113. The first-order chi connectivity index (χ1) is 13.4. The van der Waals surface area contributed by atoms with Crippen LogP contribution in [0, 0.1) is 6.92 Å². The average Bonchev–Trinajstić information content (AvgIpc) is 3.07. The van der Waals surface area contributed by atoms with Gasteiger partial charge in [-0.25, -0.2) is 0 Å². The van der Waals surface area contributed by atoms with Gasteiger partial charge in [0.15, 0.2) is 11.0 Å².